The Morgan fingerprint density at radius 1 is 1.07 bits per heavy atom. The number of halogens is 3. The number of alkyl halides is 3. The van der Waals surface area contributed by atoms with E-state index in [0.717, 1.165) is 35.6 Å². The lowest BCUT2D eigenvalue weighted by Gasteiger charge is -2.10. The Balaban J connectivity index is 1.82. The summed E-state index contributed by atoms with van der Waals surface area (Å²) in [7, 11) is 1.23. The molecule has 0 bridgehead atoms. The molecule has 3 aromatic rings. The standard InChI is InChI=1S/C19H13F3N2O4S/c1-28-18(27)16-14(8-10-29-16)24-9-2-3-13(24)15(25)17(26)23-12-6-4-11(5-7-12)19(20,21)22/h2-10H,1H3,(H,23,26). The largest absolute Gasteiger partial charge is 0.465 e. The molecule has 2 heterocycles. The van der Waals surface area contributed by atoms with Crippen molar-refractivity contribution >= 4 is 34.7 Å². The topological polar surface area (TPSA) is 77.4 Å². The van der Waals surface area contributed by atoms with Crippen molar-refractivity contribution in [3.8, 4) is 5.69 Å². The summed E-state index contributed by atoms with van der Waals surface area (Å²) >= 11 is 1.12. The minimum absolute atomic E-state index is 0.0158. The van der Waals surface area contributed by atoms with Gasteiger partial charge in [-0.05, 0) is 47.8 Å². The third-order valence-electron chi connectivity index (χ3n) is 3.93. The number of ether oxygens (including phenoxy) is 1. The number of Topliss-reactive ketones (excluding diaryl/α,β-unsaturated/α-hetero) is 1. The van der Waals surface area contributed by atoms with Crippen LogP contribution in [-0.4, -0.2) is 29.3 Å². The maximum Gasteiger partial charge on any atom is 0.416 e. The molecule has 0 radical (unpaired) electrons. The van der Waals surface area contributed by atoms with Gasteiger partial charge in [-0.2, -0.15) is 13.2 Å². The average molecular weight is 422 g/mol. The van der Waals surface area contributed by atoms with Gasteiger partial charge in [0.25, 0.3) is 11.7 Å². The van der Waals surface area contributed by atoms with Crippen molar-refractivity contribution < 1.29 is 32.3 Å². The van der Waals surface area contributed by atoms with Crippen molar-refractivity contribution in [2.24, 2.45) is 0 Å². The number of nitrogens with zero attached hydrogens (tertiary/aromatic N) is 1. The summed E-state index contributed by atoms with van der Waals surface area (Å²) in [6.45, 7) is 0. The minimum Gasteiger partial charge on any atom is -0.465 e. The molecule has 6 nitrogen and oxygen atoms in total. The quantitative estimate of drug-likeness (QED) is 0.380. The monoisotopic (exact) mass is 422 g/mol. The van der Waals surface area contributed by atoms with Crippen molar-refractivity contribution in [3.05, 3.63) is 70.2 Å². The van der Waals surface area contributed by atoms with Crippen LogP contribution in [0, 0.1) is 0 Å². The first-order valence-electron chi connectivity index (χ1n) is 8.09. The van der Waals surface area contributed by atoms with E-state index in [2.05, 4.69) is 5.32 Å². The summed E-state index contributed by atoms with van der Waals surface area (Å²) in [4.78, 5) is 37.0. The number of anilines is 1. The van der Waals surface area contributed by atoms with Crippen LogP contribution in [0.4, 0.5) is 18.9 Å². The maximum atomic E-state index is 12.6. The number of carbonyl (C=O) groups is 3. The predicted octanol–water partition coefficient (Wildman–Crippen LogP) is 4.17. The summed E-state index contributed by atoms with van der Waals surface area (Å²) in [5, 5.41) is 3.91. The molecular formula is C19H13F3N2O4S. The van der Waals surface area contributed by atoms with Gasteiger partial charge in [0.2, 0.25) is 0 Å². The zero-order valence-corrected chi connectivity index (χ0v) is 15.6. The fourth-order valence-electron chi connectivity index (χ4n) is 2.56. The number of ketones is 1. The molecule has 29 heavy (non-hydrogen) atoms. The molecule has 0 aliphatic carbocycles. The normalized spacial score (nSPS) is 11.2. The third kappa shape index (κ3) is 4.21. The lowest BCUT2D eigenvalue weighted by atomic mass is 10.2. The Hall–Kier alpha value is -3.40. The maximum absolute atomic E-state index is 12.6. The van der Waals surface area contributed by atoms with E-state index in [-0.39, 0.29) is 16.3 Å². The van der Waals surface area contributed by atoms with Gasteiger partial charge >= 0.3 is 12.1 Å². The van der Waals surface area contributed by atoms with Gasteiger partial charge < -0.3 is 14.6 Å². The Kier molecular flexibility index (Phi) is 5.55. The van der Waals surface area contributed by atoms with E-state index in [1.54, 1.807) is 11.4 Å². The van der Waals surface area contributed by atoms with E-state index in [1.165, 1.54) is 30.0 Å². The van der Waals surface area contributed by atoms with Gasteiger partial charge in [0.05, 0.1) is 24.1 Å². The summed E-state index contributed by atoms with van der Waals surface area (Å²) in [6, 6.07) is 8.24. The van der Waals surface area contributed by atoms with Gasteiger partial charge in [0, 0.05) is 11.9 Å². The van der Waals surface area contributed by atoms with Crippen LogP contribution in [0.5, 0.6) is 0 Å². The third-order valence-corrected chi connectivity index (χ3v) is 4.82. The number of hydrogen-bond acceptors (Lipinski definition) is 5. The Morgan fingerprint density at radius 3 is 2.38 bits per heavy atom. The molecule has 0 saturated carbocycles. The smallest absolute Gasteiger partial charge is 0.416 e. The number of thiophene rings is 1. The SMILES string of the molecule is COC(=O)c1sccc1-n1cccc1C(=O)C(=O)Nc1ccc(C(F)(F)F)cc1. The molecule has 150 valence electrons. The second-order valence-electron chi connectivity index (χ2n) is 5.75. The first kappa shape index (κ1) is 20.3. The van der Waals surface area contributed by atoms with Crippen LogP contribution in [0.3, 0.4) is 0 Å². The van der Waals surface area contributed by atoms with Crippen LogP contribution >= 0.6 is 11.3 Å². The Morgan fingerprint density at radius 2 is 1.76 bits per heavy atom. The van der Waals surface area contributed by atoms with Crippen molar-refractivity contribution in [3.63, 3.8) is 0 Å². The van der Waals surface area contributed by atoms with E-state index < -0.39 is 29.4 Å². The Labute approximate surface area is 166 Å². The zero-order valence-electron chi connectivity index (χ0n) is 14.8. The molecular weight excluding hydrogens is 409 g/mol. The Bertz CT molecular complexity index is 1070. The first-order valence-corrected chi connectivity index (χ1v) is 8.97. The van der Waals surface area contributed by atoms with Gasteiger partial charge in [-0.25, -0.2) is 4.79 Å². The van der Waals surface area contributed by atoms with Gasteiger partial charge in [0.1, 0.15) is 4.88 Å². The number of amides is 1. The van der Waals surface area contributed by atoms with Crippen LogP contribution in [0.2, 0.25) is 0 Å². The predicted molar refractivity (Wildman–Crippen MR) is 99.4 cm³/mol. The molecule has 0 aliphatic heterocycles. The number of nitrogens with one attached hydrogen (secondary N) is 1. The lowest BCUT2D eigenvalue weighted by molar-refractivity contribution is -0.137. The molecule has 0 atom stereocenters. The van der Waals surface area contributed by atoms with E-state index in [1.807, 2.05) is 0 Å². The molecule has 1 aromatic carbocycles. The van der Waals surface area contributed by atoms with E-state index in [4.69, 9.17) is 4.74 Å². The van der Waals surface area contributed by atoms with Crippen LogP contribution in [0.1, 0.15) is 25.7 Å². The van der Waals surface area contributed by atoms with Crippen LogP contribution in [0.25, 0.3) is 5.69 Å². The van der Waals surface area contributed by atoms with Crippen molar-refractivity contribution in [1.29, 1.82) is 0 Å². The van der Waals surface area contributed by atoms with Crippen LogP contribution in [0.15, 0.2) is 54.0 Å². The molecule has 0 aliphatic rings. The number of benzene rings is 1. The highest BCUT2D eigenvalue weighted by Gasteiger charge is 2.30. The second kappa shape index (κ2) is 7.92. The van der Waals surface area contributed by atoms with Gasteiger partial charge in [-0.3, -0.25) is 9.59 Å². The number of esters is 1. The molecule has 0 unspecified atom stereocenters. The van der Waals surface area contributed by atoms with Crippen molar-refractivity contribution in [1.82, 2.24) is 4.57 Å². The average Bonchev–Trinajstić information content (AvgIpc) is 3.35. The zero-order chi connectivity index (χ0) is 21.2. The lowest BCUT2D eigenvalue weighted by Crippen LogP contribution is -2.25. The highest BCUT2D eigenvalue weighted by Crippen LogP contribution is 2.30. The van der Waals surface area contributed by atoms with Crippen molar-refractivity contribution in [2.75, 3.05) is 12.4 Å². The van der Waals surface area contributed by atoms with Gasteiger partial charge in [-0.15, -0.1) is 11.3 Å². The highest BCUT2D eigenvalue weighted by atomic mass is 32.1. The molecule has 0 fully saturated rings. The molecule has 1 amide bonds. The van der Waals surface area contributed by atoms with E-state index >= 15 is 0 Å². The fraction of sp³-hybridized carbons (Fsp3) is 0.105. The summed E-state index contributed by atoms with van der Waals surface area (Å²) in [6.07, 6.45) is -3.00. The highest BCUT2D eigenvalue weighted by molar-refractivity contribution is 7.12. The number of aromatic nitrogens is 1. The van der Waals surface area contributed by atoms with Gasteiger partial charge in [-0.1, -0.05) is 0 Å². The summed E-state index contributed by atoms with van der Waals surface area (Å²) in [5.41, 5.74) is -0.473. The number of carbonyl (C=O) groups excluding carboxylic acids is 3. The second-order valence-corrected chi connectivity index (χ2v) is 6.66. The summed E-state index contributed by atoms with van der Waals surface area (Å²) in [5.74, 6) is -2.53. The molecule has 10 heteroatoms. The summed E-state index contributed by atoms with van der Waals surface area (Å²) < 4.78 is 43.9. The number of rotatable bonds is 5. The number of hydrogen-bond donors (Lipinski definition) is 1. The first-order chi connectivity index (χ1) is 13.7. The van der Waals surface area contributed by atoms with Gasteiger partial charge in [0.15, 0.2) is 0 Å². The van der Waals surface area contributed by atoms with Crippen molar-refractivity contribution in [2.45, 2.75) is 6.18 Å². The molecule has 2 aromatic heterocycles. The molecule has 0 saturated heterocycles. The number of methoxy groups -OCH3 is 1. The van der Waals surface area contributed by atoms with E-state index in [0.29, 0.717) is 5.69 Å². The molecule has 1 N–H and O–H groups in total. The van der Waals surface area contributed by atoms with Crippen LogP contribution in [-0.2, 0) is 15.7 Å². The molecule has 3 rings (SSSR count). The minimum atomic E-state index is -4.50. The van der Waals surface area contributed by atoms with Crippen LogP contribution < -0.4 is 5.32 Å². The van der Waals surface area contributed by atoms with E-state index in [9.17, 15) is 27.6 Å². The fourth-order valence-corrected chi connectivity index (χ4v) is 3.36. The molecule has 0 spiro atoms.